The summed E-state index contributed by atoms with van der Waals surface area (Å²) in [6, 6.07) is 27.4. The summed E-state index contributed by atoms with van der Waals surface area (Å²) in [7, 11) is -4.02. The van der Waals surface area contributed by atoms with Gasteiger partial charge in [-0.1, -0.05) is 87.1 Å². The summed E-state index contributed by atoms with van der Waals surface area (Å²) >= 11 is 1.33. The van der Waals surface area contributed by atoms with Crippen molar-refractivity contribution < 1.29 is 17.7 Å². The highest BCUT2D eigenvalue weighted by molar-refractivity contribution is 7.98. The number of hydrogen-bond donors (Lipinski definition) is 1. The van der Waals surface area contributed by atoms with Crippen molar-refractivity contribution >= 4 is 27.5 Å². The fourth-order valence-corrected chi connectivity index (χ4v) is 6.83. The van der Waals surface area contributed by atoms with Crippen molar-refractivity contribution in [2.24, 2.45) is 0 Å². The zero-order valence-electron chi connectivity index (χ0n) is 24.9. The molecule has 0 aliphatic heterocycles. The van der Waals surface area contributed by atoms with E-state index in [0.717, 1.165) is 16.7 Å². The second-order valence-corrected chi connectivity index (χ2v) is 14.2. The van der Waals surface area contributed by atoms with Gasteiger partial charge in [0.05, 0.1) is 15.9 Å². The van der Waals surface area contributed by atoms with Crippen LogP contribution in [0.3, 0.4) is 0 Å². The second kappa shape index (κ2) is 13.3. The van der Waals surface area contributed by atoms with Gasteiger partial charge >= 0.3 is 0 Å². The van der Waals surface area contributed by atoms with Crippen LogP contribution in [-0.4, -0.2) is 28.1 Å². The Morgan fingerprint density at radius 3 is 2.13 bits per heavy atom. The third kappa shape index (κ3) is 7.83. The molecule has 0 saturated carbocycles. The average molecular weight is 646 g/mol. The first kappa shape index (κ1) is 32.0. The highest BCUT2D eigenvalue weighted by atomic mass is 32.2. The van der Waals surface area contributed by atoms with Gasteiger partial charge in [-0.25, -0.2) is 17.5 Å². The van der Waals surface area contributed by atoms with Crippen LogP contribution in [0.2, 0.25) is 0 Å². The molecule has 12 heteroatoms. The topological polar surface area (TPSA) is 120 Å². The highest BCUT2D eigenvalue weighted by Crippen LogP contribution is 2.31. The molecule has 9 nitrogen and oxygen atoms in total. The zero-order chi connectivity index (χ0) is 32.2. The molecule has 4 aromatic carbocycles. The van der Waals surface area contributed by atoms with Gasteiger partial charge < -0.3 is 0 Å². The number of aromatic nitrogens is 3. The van der Waals surface area contributed by atoms with E-state index in [1.807, 2.05) is 42.5 Å². The lowest BCUT2D eigenvalue weighted by molar-refractivity contribution is -0.384. The molecule has 5 rings (SSSR count). The number of sulfonamides is 1. The molecule has 0 spiro atoms. The van der Waals surface area contributed by atoms with E-state index in [1.54, 1.807) is 41.0 Å². The number of nitro benzene ring substituents is 1. The zero-order valence-corrected chi connectivity index (χ0v) is 26.6. The third-order valence-corrected chi connectivity index (χ3v) is 9.67. The van der Waals surface area contributed by atoms with Crippen molar-refractivity contribution in [3.8, 4) is 5.69 Å². The van der Waals surface area contributed by atoms with Gasteiger partial charge in [0.15, 0.2) is 11.0 Å². The van der Waals surface area contributed by atoms with Crippen LogP contribution < -0.4 is 4.72 Å². The number of rotatable bonds is 11. The fourth-order valence-electron chi connectivity index (χ4n) is 4.72. The number of nitrogens with one attached hydrogen (secondary N) is 1. The lowest BCUT2D eigenvalue weighted by Crippen LogP contribution is -2.32. The number of non-ortho nitro benzene ring substituents is 1. The lowest BCUT2D eigenvalue weighted by atomic mass is 9.87. The van der Waals surface area contributed by atoms with Crippen LogP contribution in [0.5, 0.6) is 0 Å². The van der Waals surface area contributed by atoms with E-state index < -0.39 is 21.0 Å². The lowest BCUT2D eigenvalue weighted by Gasteiger charge is -2.21. The Bertz CT molecular complexity index is 1870. The van der Waals surface area contributed by atoms with Gasteiger partial charge in [0.2, 0.25) is 10.0 Å². The molecule has 45 heavy (non-hydrogen) atoms. The molecule has 0 saturated heterocycles. The van der Waals surface area contributed by atoms with Crippen LogP contribution in [0.25, 0.3) is 5.69 Å². The van der Waals surface area contributed by atoms with E-state index >= 15 is 0 Å². The number of nitro groups is 1. The number of hydrogen-bond acceptors (Lipinski definition) is 7. The van der Waals surface area contributed by atoms with Crippen LogP contribution in [-0.2, 0) is 27.6 Å². The summed E-state index contributed by atoms with van der Waals surface area (Å²) in [6.07, 6.45) is 0.258. The molecular formula is C33H32FN5O4S2. The third-order valence-electron chi connectivity index (χ3n) is 7.18. The average Bonchev–Trinajstić information content (AvgIpc) is 3.44. The first-order valence-corrected chi connectivity index (χ1v) is 16.6. The van der Waals surface area contributed by atoms with Crippen molar-refractivity contribution in [1.29, 1.82) is 0 Å². The van der Waals surface area contributed by atoms with Gasteiger partial charge in [0, 0.05) is 23.6 Å². The van der Waals surface area contributed by atoms with E-state index in [0.29, 0.717) is 22.4 Å². The first-order valence-electron chi connectivity index (χ1n) is 14.1. The summed E-state index contributed by atoms with van der Waals surface area (Å²) in [5, 5.41) is 20.7. The maximum atomic E-state index is 13.8. The van der Waals surface area contributed by atoms with Crippen LogP contribution in [0.15, 0.2) is 113 Å². The molecule has 1 N–H and O–H groups in total. The number of thioether (sulfide) groups is 1. The largest absolute Gasteiger partial charge is 0.273 e. The van der Waals surface area contributed by atoms with Crippen molar-refractivity contribution in [2.75, 3.05) is 0 Å². The molecule has 1 unspecified atom stereocenters. The Kier molecular flexibility index (Phi) is 9.47. The Morgan fingerprint density at radius 2 is 1.53 bits per heavy atom. The Hall–Kier alpha value is -4.39. The molecule has 232 valence electrons. The predicted octanol–water partition coefficient (Wildman–Crippen LogP) is 7.17. The van der Waals surface area contributed by atoms with Crippen LogP contribution in [0, 0.1) is 15.9 Å². The van der Waals surface area contributed by atoms with Gasteiger partial charge in [-0.3, -0.25) is 14.7 Å². The number of benzene rings is 4. The van der Waals surface area contributed by atoms with Gasteiger partial charge in [0.1, 0.15) is 5.82 Å². The quantitative estimate of drug-likeness (QED) is 0.0919. The number of halogens is 1. The summed E-state index contributed by atoms with van der Waals surface area (Å²) < 4.78 is 45.6. The fraction of sp³-hybridized carbons (Fsp3) is 0.212. The molecule has 5 aromatic rings. The van der Waals surface area contributed by atoms with Crippen molar-refractivity contribution in [3.05, 3.63) is 142 Å². The molecule has 1 heterocycles. The summed E-state index contributed by atoms with van der Waals surface area (Å²) in [5.41, 5.74) is 3.01. The van der Waals surface area contributed by atoms with E-state index in [1.165, 1.54) is 36.0 Å². The molecule has 0 aliphatic carbocycles. The van der Waals surface area contributed by atoms with Crippen molar-refractivity contribution in [1.82, 2.24) is 19.5 Å². The van der Waals surface area contributed by atoms with Gasteiger partial charge in [-0.05, 0) is 64.9 Å². The normalized spacial score (nSPS) is 12.6. The Labute approximate surface area is 265 Å². The minimum Gasteiger partial charge on any atom is -0.273 e. The van der Waals surface area contributed by atoms with E-state index in [2.05, 4.69) is 35.7 Å². The van der Waals surface area contributed by atoms with Crippen molar-refractivity contribution in [3.63, 3.8) is 0 Å². The van der Waals surface area contributed by atoms with E-state index in [4.69, 9.17) is 0 Å². The van der Waals surface area contributed by atoms with E-state index in [9.17, 15) is 22.9 Å². The first-order chi connectivity index (χ1) is 21.4. The molecule has 0 fully saturated rings. The van der Waals surface area contributed by atoms with Gasteiger partial charge in [-0.15, -0.1) is 10.2 Å². The molecular weight excluding hydrogens is 614 g/mol. The van der Waals surface area contributed by atoms with Crippen LogP contribution in [0.1, 0.15) is 49.3 Å². The maximum absolute atomic E-state index is 13.8. The molecule has 0 radical (unpaired) electrons. The SMILES string of the molecule is CC(C)(C)c1ccc(S(=O)(=O)NC(Cc2ccccc2)c2nnc(SCc3ccc(F)cc3)n2-c2ccc([N+](=O)[O-])cc2)cc1. The Morgan fingerprint density at radius 1 is 0.889 bits per heavy atom. The smallest absolute Gasteiger partial charge is 0.269 e. The summed E-state index contributed by atoms with van der Waals surface area (Å²) in [4.78, 5) is 11.0. The van der Waals surface area contributed by atoms with Gasteiger partial charge in [0.25, 0.3) is 5.69 Å². The van der Waals surface area contributed by atoms with Gasteiger partial charge in [-0.2, -0.15) is 0 Å². The van der Waals surface area contributed by atoms with Crippen LogP contribution in [0.4, 0.5) is 10.1 Å². The molecule has 1 aromatic heterocycles. The molecule has 0 aliphatic rings. The highest BCUT2D eigenvalue weighted by Gasteiger charge is 2.29. The number of nitrogens with zero attached hydrogens (tertiary/aromatic N) is 4. The molecule has 1 atom stereocenters. The monoisotopic (exact) mass is 645 g/mol. The minimum atomic E-state index is -4.02. The standard InChI is InChI=1S/C33H32FN5O4S2/c1-33(2,3)25-11-19-29(20-12-25)45(42,43)37-30(21-23-7-5-4-6-8-23)31-35-36-32(44-22-24-9-13-26(34)14-10-24)38(31)27-15-17-28(18-16-27)39(40)41/h4-20,30,37H,21-22H2,1-3H3. The maximum Gasteiger partial charge on any atom is 0.269 e. The molecule has 0 bridgehead atoms. The van der Waals surface area contributed by atoms with Crippen molar-refractivity contribution in [2.45, 2.75) is 54.5 Å². The Balaban J connectivity index is 1.57. The van der Waals surface area contributed by atoms with E-state index in [-0.39, 0.29) is 28.2 Å². The summed E-state index contributed by atoms with van der Waals surface area (Å²) in [5.74, 6) is 0.397. The second-order valence-electron chi connectivity index (χ2n) is 11.5. The van der Waals surface area contributed by atoms with Crippen LogP contribution >= 0.6 is 11.8 Å². The summed E-state index contributed by atoms with van der Waals surface area (Å²) in [6.45, 7) is 6.17. The molecule has 0 amide bonds. The predicted molar refractivity (Wildman–Crippen MR) is 172 cm³/mol. The minimum absolute atomic E-state index is 0.0888.